The van der Waals surface area contributed by atoms with Gasteiger partial charge in [-0.15, -0.1) is 0 Å². The van der Waals surface area contributed by atoms with Gasteiger partial charge >= 0.3 is 12.1 Å². The summed E-state index contributed by atoms with van der Waals surface area (Å²) >= 11 is 0. The zero-order chi connectivity index (χ0) is 24.4. The molecule has 8 heteroatoms. The van der Waals surface area contributed by atoms with Crippen LogP contribution in [0.2, 0.25) is 0 Å². The second-order valence-corrected chi connectivity index (χ2v) is 9.74. The highest BCUT2D eigenvalue weighted by atomic mass is 16.5. The number of hydrogen-bond acceptors (Lipinski definition) is 5. The average Bonchev–Trinajstić information content (AvgIpc) is 3.42. The average molecular weight is 479 g/mol. The van der Waals surface area contributed by atoms with Crippen LogP contribution in [-0.4, -0.2) is 54.5 Å². The number of rotatable bonds is 8. The molecule has 2 unspecified atom stereocenters. The predicted octanol–water partition coefficient (Wildman–Crippen LogP) is 3.44. The number of ether oxygens (including phenoxy) is 2. The van der Waals surface area contributed by atoms with Gasteiger partial charge in [0.2, 0.25) is 5.91 Å². The number of aliphatic carboxylic acids is 1. The fourth-order valence-electron chi connectivity index (χ4n) is 5.57. The lowest BCUT2D eigenvalue weighted by atomic mass is 9.74. The molecule has 3 aliphatic rings. The molecule has 2 atom stereocenters. The summed E-state index contributed by atoms with van der Waals surface area (Å²) in [6, 6.07) is 16.3. The van der Waals surface area contributed by atoms with Crippen molar-refractivity contribution in [1.82, 2.24) is 10.6 Å². The third kappa shape index (κ3) is 4.75. The quantitative estimate of drug-likeness (QED) is 0.536. The third-order valence-corrected chi connectivity index (χ3v) is 7.51. The molecular formula is C27H30N2O6. The summed E-state index contributed by atoms with van der Waals surface area (Å²) in [6.07, 6.45) is 1.50. The van der Waals surface area contributed by atoms with Gasteiger partial charge in [0.05, 0.1) is 12.0 Å². The summed E-state index contributed by atoms with van der Waals surface area (Å²) in [5.74, 6) is -1.44. The molecule has 35 heavy (non-hydrogen) atoms. The molecule has 3 N–H and O–H groups in total. The minimum Gasteiger partial charge on any atom is -0.481 e. The van der Waals surface area contributed by atoms with E-state index in [2.05, 4.69) is 34.9 Å². The molecule has 2 fully saturated rings. The molecule has 2 amide bonds. The van der Waals surface area contributed by atoms with Crippen molar-refractivity contribution in [3.05, 3.63) is 59.7 Å². The molecule has 1 aliphatic heterocycles. The number of hydrogen-bond donors (Lipinski definition) is 3. The number of fused-ring (bicyclic) bond motifs is 3. The van der Waals surface area contributed by atoms with Gasteiger partial charge in [-0.25, -0.2) is 4.79 Å². The lowest BCUT2D eigenvalue weighted by Crippen LogP contribution is -2.58. The second kappa shape index (κ2) is 9.70. The smallest absolute Gasteiger partial charge is 0.407 e. The van der Waals surface area contributed by atoms with E-state index in [0.29, 0.717) is 25.9 Å². The molecule has 1 heterocycles. The van der Waals surface area contributed by atoms with Crippen molar-refractivity contribution in [3.63, 3.8) is 0 Å². The first-order chi connectivity index (χ1) is 17.0. The van der Waals surface area contributed by atoms with Crippen LogP contribution >= 0.6 is 0 Å². The Labute approximate surface area is 204 Å². The van der Waals surface area contributed by atoms with E-state index in [1.165, 1.54) is 11.1 Å². The highest BCUT2D eigenvalue weighted by Gasteiger charge is 2.44. The monoisotopic (exact) mass is 478 g/mol. The number of carboxylic acids is 1. The zero-order valence-corrected chi connectivity index (χ0v) is 19.5. The Morgan fingerprint density at radius 1 is 1.03 bits per heavy atom. The van der Waals surface area contributed by atoms with Gasteiger partial charge in [-0.2, -0.15) is 0 Å². The van der Waals surface area contributed by atoms with Crippen LogP contribution in [0.1, 0.15) is 49.1 Å². The molecule has 2 aliphatic carbocycles. The van der Waals surface area contributed by atoms with Gasteiger partial charge in [-0.3, -0.25) is 9.59 Å². The van der Waals surface area contributed by atoms with Crippen molar-refractivity contribution in [2.24, 2.45) is 5.92 Å². The van der Waals surface area contributed by atoms with E-state index in [4.69, 9.17) is 9.47 Å². The number of carbonyl (C=O) groups is 3. The normalized spacial score (nSPS) is 21.9. The zero-order valence-electron chi connectivity index (χ0n) is 19.5. The minimum atomic E-state index is -0.925. The SMILES string of the molecule is O=C(O)CC1(NC(=O)C2OCCC2CNC(=O)OCC2c3ccccc3-c3ccccc32)CCC1. The van der Waals surface area contributed by atoms with E-state index >= 15 is 0 Å². The number of alkyl carbamates (subject to hydrolysis) is 1. The third-order valence-electron chi connectivity index (χ3n) is 7.51. The van der Waals surface area contributed by atoms with Crippen LogP contribution in [0.4, 0.5) is 4.79 Å². The van der Waals surface area contributed by atoms with Crippen LogP contribution in [-0.2, 0) is 19.1 Å². The maximum atomic E-state index is 12.9. The van der Waals surface area contributed by atoms with Crippen LogP contribution in [0.3, 0.4) is 0 Å². The Balaban J connectivity index is 1.14. The molecule has 184 valence electrons. The summed E-state index contributed by atoms with van der Waals surface area (Å²) in [7, 11) is 0. The van der Waals surface area contributed by atoms with Gasteiger partial charge in [0.25, 0.3) is 0 Å². The van der Waals surface area contributed by atoms with Crippen molar-refractivity contribution in [3.8, 4) is 11.1 Å². The Morgan fingerprint density at radius 2 is 1.69 bits per heavy atom. The molecule has 0 aromatic heterocycles. The molecule has 0 radical (unpaired) electrons. The first-order valence-electron chi connectivity index (χ1n) is 12.2. The molecule has 1 saturated carbocycles. The van der Waals surface area contributed by atoms with E-state index in [1.54, 1.807) is 0 Å². The standard InChI is InChI=1S/C27H30N2O6/c30-23(31)14-27(11-5-12-27)29-25(32)24-17(10-13-34-24)15-28-26(33)35-16-22-20-8-3-1-6-18(20)19-7-2-4-9-21(19)22/h1-4,6-9,17,22,24H,5,10-16H2,(H,28,33)(H,29,32)(H,30,31). The number of carbonyl (C=O) groups excluding carboxylic acids is 2. The molecule has 0 spiro atoms. The molecule has 8 nitrogen and oxygen atoms in total. The highest BCUT2D eigenvalue weighted by molar-refractivity contribution is 5.83. The van der Waals surface area contributed by atoms with Gasteiger partial charge < -0.3 is 25.2 Å². The largest absolute Gasteiger partial charge is 0.481 e. The minimum absolute atomic E-state index is 0.0191. The van der Waals surface area contributed by atoms with Crippen LogP contribution in [0, 0.1) is 5.92 Å². The molecule has 5 rings (SSSR count). The van der Waals surface area contributed by atoms with Crippen molar-refractivity contribution in [2.45, 2.75) is 49.7 Å². The molecule has 1 saturated heterocycles. The van der Waals surface area contributed by atoms with E-state index in [9.17, 15) is 19.5 Å². The summed E-state index contributed by atoms with van der Waals surface area (Å²) in [4.78, 5) is 36.6. The predicted molar refractivity (Wildman–Crippen MR) is 128 cm³/mol. The van der Waals surface area contributed by atoms with Crippen LogP contribution in [0.5, 0.6) is 0 Å². The van der Waals surface area contributed by atoms with Crippen LogP contribution in [0.15, 0.2) is 48.5 Å². The number of nitrogens with one attached hydrogen (secondary N) is 2. The number of benzene rings is 2. The summed E-state index contributed by atoms with van der Waals surface area (Å²) in [5, 5.41) is 14.9. The van der Waals surface area contributed by atoms with Gasteiger partial charge in [-0.1, -0.05) is 48.5 Å². The first kappa shape index (κ1) is 23.4. The Morgan fingerprint density at radius 3 is 2.29 bits per heavy atom. The Hall–Kier alpha value is -3.39. The van der Waals surface area contributed by atoms with E-state index in [0.717, 1.165) is 17.5 Å². The van der Waals surface area contributed by atoms with E-state index < -0.39 is 23.7 Å². The lowest BCUT2D eigenvalue weighted by Gasteiger charge is -2.42. The van der Waals surface area contributed by atoms with E-state index in [-0.39, 0.29) is 37.3 Å². The van der Waals surface area contributed by atoms with E-state index in [1.807, 2.05) is 24.3 Å². The summed E-state index contributed by atoms with van der Waals surface area (Å²) < 4.78 is 11.2. The topological polar surface area (TPSA) is 114 Å². The van der Waals surface area contributed by atoms with Crippen LogP contribution in [0.25, 0.3) is 11.1 Å². The molecule has 2 aromatic rings. The Kier molecular flexibility index (Phi) is 6.47. The van der Waals surface area contributed by atoms with Gasteiger partial charge in [0.1, 0.15) is 12.7 Å². The Bertz CT molecular complexity index is 1080. The van der Waals surface area contributed by atoms with Gasteiger partial charge in [-0.05, 0) is 47.9 Å². The lowest BCUT2D eigenvalue weighted by molar-refractivity contribution is -0.142. The molecule has 0 bridgehead atoms. The fourth-order valence-corrected chi connectivity index (χ4v) is 5.57. The first-order valence-corrected chi connectivity index (χ1v) is 12.2. The number of carboxylic acid groups (broad SMARTS) is 1. The summed E-state index contributed by atoms with van der Waals surface area (Å²) in [5.41, 5.74) is 3.95. The van der Waals surface area contributed by atoms with Crippen molar-refractivity contribution in [2.75, 3.05) is 19.8 Å². The second-order valence-electron chi connectivity index (χ2n) is 9.74. The van der Waals surface area contributed by atoms with Crippen molar-refractivity contribution >= 4 is 18.0 Å². The highest BCUT2D eigenvalue weighted by Crippen LogP contribution is 2.44. The maximum Gasteiger partial charge on any atom is 0.407 e. The van der Waals surface area contributed by atoms with Gasteiger partial charge in [0, 0.05) is 25.0 Å². The van der Waals surface area contributed by atoms with Crippen molar-refractivity contribution in [1.29, 1.82) is 0 Å². The van der Waals surface area contributed by atoms with Gasteiger partial charge in [0.15, 0.2) is 0 Å². The maximum absolute atomic E-state index is 12.9. The number of amides is 2. The fraction of sp³-hybridized carbons (Fsp3) is 0.444. The van der Waals surface area contributed by atoms with Crippen LogP contribution < -0.4 is 10.6 Å². The molecular weight excluding hydrogens is 448 g/mol. The van der Waals surface area contributed by atoms with Crippen molar-refractivity contribution < 1.29 is 29.0 Å². The summed E-state index contributed by atoms with van der Waals surface area (Å²) in [6.45, 7) is 0.893. The molecule has 2 aromatic carbocycles.